The molecule has 0 aliphatic carbocycles. The van der Waals surface area contributed by atoms with Gasteiger partial charge >= 0.3 is 0 Å². The Morgan fingerprint density at radius 3 is 3.08 bits per heavy atom. The van der Waals surface area contributed by atoms with Crippen LogP contribution in [0.4, 0.5) is 0 Å². The summed E-state index contributed by atoms with van der Waals surface area (Å²) in [5.74, 6) is 0. The molecule has 0 spiro atoms. The second kappa shape index (κ2) is 2.77. The quantitative estimate of drug-likeness (QED) is 0.735. The van der Waals surface area contributed by atoms with E-state index in [1.54, 1.807) is 18.3 Å². The number of pyridine rings is 1. The van der Waals surface area contributed by atoms with Gasteiger partial charge in [0.25, 0.3) is 0 Å². The summed E-state index contributed by atoms with van der Waals surface area (Å²) in [6.07, 6.45) is 1.56. The van der Waals surface area contributed by atoms with Gasteiger partial charge in [0.2, 0.25) is 5.71 Å². The fourth-order valence-corrected chi connectivity index (χ4v) is 1.22. The van der Waals surface area contributed by atoms with E-state index >= 15 is 0 Å². The van der Waals surface area contributed by atoms with Gasteiger partial charge in [0.05, 0.1) is 6.61 Å². The van der Waals surface area contributed by atoms with E-state index < -0.39 is 0 Å². The maximum atomic E-state index is 8.80. The Kier molecular flexibility index (Phi) is 1.75. The molecule has 0 aliphatic heterocycles. The van der Waals surface area contributed by atoms with Gasteiger partial charge in [-0.05, 0) is 23.2 Å². The van der Waals surface area contributed by atoms with Crippen molar-refractivity contribution in [3.05, 3.63) is 29.1 Å². The molecule has 0 unspecified atom stereocenters. The van der Waals surface area contributed by atoms with Crippen LogP contribution in [0.15, 0.2) is 22.7 Å². The van der Waals surface area contributed by atoms with Crippen molar-refractivity contribution in [3.63, 3.8) is 0 Å². The lowest BCUT2D eigenvalue weighted by Gasteiger charge is -1.92. The van der Waals surface area contributed by atoms with Crippen molar-refractivity contribution in [2.24, 2.45) is 0 Å². The molecule has 2 aromatic rings. The van der Waals surface area contributed by atoms with Crippen LogP contribution in [0, 0.1) is 0 Å². The Balaban J connectivity index is 2.66. The minimum atomic E-state index is -0.0221. The Morgan fingerprint density at radius 2 is 2.33 bits per heavy atom. The normalized spacial score (nSPS) is 10.8. The summed E-state index contributed by atoms with van der Waals surface area (Å²) in [6.45, 7) is -0.0221. The van der Waals surface area contributed by atoms with Crippen LogP contribution in [0.25, 0.3) is 11.1 Å². The Hall–Kier alpha value is -1.06. The van der Waals surface area contributed by atoms with Gasteiger partial charge in [-0.25, -0.2) is 4.98 Å². The number of aliphatic hydroxyl groups is 1. The molecule has 3 nitrogen and oxygen atoms in total. The van der Waals surface area contributed by atoms with Crippen LogP contribution in [0.5, 0.6) is 0 Å². The molecule has 0 saturated heterocycles. The maximum Gasteiger partial charge on any atom is 0.228 e. The molecule has 2 heterocycles. The Labute approximate surface area is 73.6 Å². The van der Waals surface area contributed by atoms with Crippen molar-refractivity contribution in [2.75, 3.05) is 0 Å². The molecule has 0 atom stereocenters. The highest BCUT2D eigenvalue weighted by Crippen LogP contribution is 2.21. The second-order valence-electron chi connectivity index (χ2n) is 2.45. The van der Waals surface area contributed by atoms with E-state index in [0.717, 1.165) is 10.9 Å². The summed E-state index contributed by atoms with van der Waals surface area (Å²) in [7, 11) is 0. The highest BCUT2D eigenvalue weighted by Gasteiger charge is 2.02. The van der Waals surface area contributed by atoms with E-state index in [9.17, 15) is 0 Å². The number of hydrogen-bond donors (Lipinski definition) is 1. The minimum Gasteiger partial charge on any atom is -0.426 e. The summed E-state index contributed by atoms with van der Waals surface area (Å²) in [5, 5.41) is 9.92. The lowest BCUT2D eigenvalue weighted by Crippen LogP contribution is -1.83. The highest BCUT2D eigenvalue weighted by atomic mass is 35.5. The Bertz CT molecular complexity index is 410. The first-order valence-electron chi connectivity index (χ1n) is 3.44. The molecule has 12 heavy (non-hydrogen) atoms. The molecule has 62 valence electrons. The third-order valence-corrected chi connectivity index (χ3v) is 1.77. The van der Waals surface area contributed by atoms with E-state index in [-0.39, 0.29) is 6.61 Å². The molecule has 0 aromatic carbocycles. The largest absolute Gasteiger partial charge is 0.426 e. The molecule has 0 amide bonds. The lowest BCUT2D eigenvalue weighted by molar-refractivity contribution is 0.281. The van der Waals surface area contributed by atoms with Crippen molar-refractivity contribution in [2.45, 2.75) is 6.61 Å². The third-order valence-electron chi connectivity index (χ3n) is 1.58. The van der Waals surface area contributed by atoms with Crippen molar-refractivity contribution >= 4 is 22.7 Å². The SMILES string of the molecule is OCc1cnc2oc(Cl)cc2c1. The fraction of sp³-hybridized carbons (Fsp3) is 0.125. The number of nitrogens with zero attached hydrogens (tertiary/aromatic N) is 1. The summed E-state index contributed by atoms with van der Waals surface area (Å²) >= 11 is 5.61. The molecule has 0 bridgehead atoms. The molecule has 0 fully saturated rings. The van der Waals surface area contributed by atoms with Gasteiger partial charge < -0.3 is 9.52 Å². The van der Waals surface area contributed by atoms with E-state index in [1.807, 2.05) is 0 Å². The highest BCUT2D eigenvalue weighted by molar-refractivity contribution is 6.29. The molecule has 0 saturated carbocycles. The molecule has 2 rings (SSSR count). The van der Waals surface area contributed by atoms with Crippen LogP contribution in [-0.4, -0.2) is 10.1 Å². The molecule has 0 radical (unpaired) electrons. The van der Waals surface area contributed by atoms with E-state index in [1.165, 1.54) is 0 Å². The predicted molar refractivity (Wildman–Crippen MR) is 44.9 cm³/mol. The predicted octanol–water partition coefficient (Wildman–Crippen LogP) is 1.97. The topological polar surface area (TPSA) is 46.3 Å². The second-order valence-corrected chi connectivity index (χ2v) is 2.82. The first-order valence-corrected chi connectivity index (χ1v) is 3.82. The maximum absolute atomic E-state index is 8.80. The first kappa shape index (κ1) is 7.58. The fourth-order valence-electron chi connectivity index (χ4n) is 1.03. The van der Waals surface area contributed by atoms with Crippen molar-refractivity contribution in [1.82, 2.24) is 4.98 Å². The molecule has 1 N–H and O–H groups in total. The van der Waals surface area contributed by atoms with Gasteiger partial charge in [-0.1, -0.05) is 0 Å². The zero-order valence-corrected chi connectivity index (χ0v) is 6.88. The van der Waals surface area contributed by atoms with Crippen molar-refractivity contribution in [1.29, 1.82) is 0 Å². The van der Waals surface area contributed by atoms with Crippen LogP contribution >= 0.6 is 11.6 Å². The lowest BCUT2D eigenvalue weighted by atomic mass is 10.2. The van der Waals surface area contributed by atoms with Gasteiger partial charge in [0, 0.05) is 17.6 Å². The molecule has 0 aliphatic rings. The number of furan rings is 1. The van der Waals surface area contributed by atoms with E-state index in [2.05, 4.69) is 4.98 Å². The van der Waals surface area contributed by atoms with E-state index in [4.69, 9.17) is 21.1 Å². The van der Waals surface area contributed by atoms with Crippen LogP contribution < -0.4 is 0 Å². The van der Waals surface area contributed by atoms with Crippen molar-refractivity contribution < 1.29 is 9.52 Å². The molecule has 4 heteroatoms. The number of rotatable bonds is 1. The van der Waals surface area contributed by atoms with Gasteiger partial charge in [-0.2, -0.15) is 0 Å². The standard InChI is InChI=1S/C8H6ClNO2/c9-7-2-6-1-5(4-11)3-10-8(6)12-7/h1-3,11H,4H2. The molecular formula is C8H6ClNO2. The Morgan fingerprint density at radius 1 is 1.50 bits per heavy atom. The van der Waals surface area contributed by atoms with Crippen LogP contribution in [0.1, 0.15) is 5.56 Å². The summed E-state index contributed by atoms with van der Waals surface area (Å²) in [4.78, 5) is 3.96. The van der Waals surface area contributed by atoms with Gasteiger partial charge in [0.1, 0.15) is 0 Å². The minimum absolute atomic E-state index is 0.0221. The number of halogens is 1. The van der Waals surface area contributed by atoms with Crippen LogP contribution in [0.3, 0.4) is 0 Å². The van der Waals surface area contributed by atoms with Crippen LogP contribution in [-0.2, 0) is 6.61 Å². The average molecular weight is 184 g/mol. The molecular weight excluding hydrogens is 178 g/mol. The first-order chi connectivity index (χ1) is 5.79. The smallest absolute Gasteiger partial charge is 0.228 e. The van der Waals surface area contributed by atoms with Crippen LogP contribution in [0.2, 0.25) is 5.22 Å². The summed E-state index contributed by atoms with van der Waals surface area (Å²) in [6, 6.07) is 3.46. The number of hydrogen-bond acceptors (Lipinski definition) is 3. The van der Waals surface area contributed by atoms with Gasteiger partial charge in [-0.3, -0.25) is 0 Å². The zero-order chi connectivity index (χ0) is 8.55. The number of aromatic nitrogens is 1. The van der Waals surface area contributed by atoms with Gasteiger partial charge in [0.15, 0.2) is 5.22 Å². The summed E-state index contributed by atoms with van der Waals surface area (Å²) in [5.41, 5.74) is 1.25. The average Bonchev–Trinajstić information content (AvgIpc) is 2.43. The van der Waals surface area contributed by atoms with Crippen molar-refractivity contribution in [3.8, 4) is 0 Å². The third kappa shape index (κ3) is 1.17. The van der Waals surface area contributed by atoms with E-state index in [0.29, 0.717) is 10.9 Å². The number of aliphatic hydroxyl groups excluding tert-OH is 1. The zero-order valence-electron chi connectivity index (χ0n) is 6.12. The monoisotopic (exact) mass is 183 g/mol. The number of fused-ring (bicyclic) bond motifs is 1. The molecule has 2 aromatic heterocycles. The van der Waals surface area contributed by atoms with Gasteiger partial charge in [-0.15, -0.1) is 0 Å². The summed E-state index contributed by atoms with van der Waals surface area (Å²) < 4.78 is 5.04.